The van der Waals surface area contributed by atoms with Gasteiger partial charge >= 0.3 is 0 Å². The summed E-state index contributed by atoms with van der Waals surface area (Å²) in [6.45, 7) is 11.8. The summed E-state index contributed by atoms with van der Waals surface area (Å²) in [5, 5.41) is 0. The van der Waals surface area contributed by atoms with Gasteiger partial charge in [0.25, 0.3) is 0 Å². The molecular weight excluding hydrogens is 168 g/mol. The van der Waals surface area contributed by atoms with Crippen molar-refractivity contribution < 1.29 is 0 Å². The molecule has 14 heavy (non-hydrogen) atoms. The highest BCUT2D eigenvalue weighted by Gasteiger charge is 2.12. The van der Waals surface area contributed by atoms with E-state index in [2.05, 4.69) is 34.6 Å². The Morgan fingerprint density at radius 3 is 1.79 bits per heavy atom. The summed E-state index contributed by atoms with van der Waals surface area (Å²) in [7, 11) is 0. The second-order valence-electron chi connectivity index (χ2n) is 5.15. The average Bonchev–Trinajstić information content (AvgIpc) is 2.14. The van der Waals surface area contributed by atoms with Gasteiger partial charge in [0.05, 0.1) is 0 Å². The highest BCUT2D eigenvalue weighted by Crippen LogP contribution is 2.25. The summed E-state index contributed by atoms with van der Waals surface area (Å²) in [5.74, 6) is 2.84. The summed E-state index contributed by atoms with van der Waals surface area (Å²) in [5.41, 5.74) is 0. The molecule has 0 N–H and O–H groups in total. The van der Waals surface area contributed by atoms with Gasteiger partial charge in [0, 0.05) is 0 Å². The minimum atomic E-state index is 0.932. The SMILES string of the molecule is CCCC(C)CC(C)CC(CC)CC. The van der Waals surface area contributed by atoms with E-state index in [1.807, 2.05) is 0 Å². The predicted octanol–water partition coefficient (Wildman–Crippen LogP) is 5.28. The van der Waals surface area contributed by atoms with Gasteiger partial charge in [0.2, 0.25) is 0 Å². The van der Waals surface area contributed by atoms with Gasteiger partial charge in [-0.05, 0) is 30.6 Å². The van der Waals surface area contributed by atoms with Gasteiger partial charge < -0.3 is 0 Å². The van der Waals surface area contributed by atoms with E-state index < -0.39 is 0 Å². The van der Waals surface area contributed by atoms with Crippen molar-refractivity contribution >= 4 is 0 Å². The van der Waals surface area contributed by atoms with Gasteiger partial charge in [-0.3, -0.25) is 0 Å². The van der Waals surface area contributed by atoms with E-state index in [1.54, 1.807) is 0 Å². The van der Waals surface area contributed by atoms with Gasteiger partial charge in [0.15, 0.2) is 0 Å². The first kappa shape index (κ1) is 14.0. The van der Waals surface area contributed by atoms with Crippen LogP contribution in [0.15, 0.2) is 0 Å². The molecular formula is C14H30. The fraction of sp³-hybridized carbons (Fsp3) is 1.00. The first-order valence-electron chi connectivity index (χ1n) is 6.63. The Morgan fingerprint density at radius 1 is 0.786 bits per heavy atom. The van der Waals surface area contributed by atoms with Crippen LogP contribution in [0, 0.1) is 17.8 Å². The first-order chi connectivity index (χ1) is 6.63. The van der Waals surface area contributed by atoms with Gasteiger partial charge in [-0.25, -0.2) is 0 Å². The summed E-state index contributed by atoms with van der Waals surface area (Å²) < 4.78 is 0. The monoisotopic (exact) mass is 198 g/mol. The topological polar surface area (TPSA) is 0 Å². The third-order valence-electron chi connectivity index (χ3n) is 3.48. The normalized spacial score (nSPS) is 15.9. The van der Waals surface area contributed by atoms with Crippen molar-refractivity contribution in [1.82, 2.24) is 0 Å². The van der Waals surface area contributed by atoms with Gasteiger partial charge in [-0.1, -0.05) is 60.3 Å². The molecule has 0 aromatic rings. The van der Waals surface area contributed by atoms with Crippen LogP contribution in [0.1, 0.15) is 73.1 Å². The van der Waals surface area contributed by atoms with Crippen LogP contribution < -0.4 is 0 Å². The smallest absolute Gasteiger partial charge is 0.0417 e. The molecule has 0 aliphatic heterocycles. The lowest BCUT2D eigenvalue weighted by Crippen LogP contribution is -2.08. The van der Waals surface area contributed by atoms with Gasteiger partial charge in [-0.15, -0.1) is 0 Å². The quantitative estimate of drug-likeness (QED) is 0.498. The molecule has 0 aromatic carbocycles. The second kappa shape index (κ2) is 8.32. The Labute approximate surface area is 91.5 Å². The molecule has 0 amide bonds. The molecule has 0 fully saturated rings. The summed E-state index contributed by atoms with van der Waals surface area (Å²) >= 11 is 0. The average molecular weight is 198 g/mol. The lowest BCUT2D eigenvalue weighted by molar-refractivity contribution is 0.311. The minimum absolute atomic E-state index is 0.932. The molecule has 0 heteroatoms. The van der Waals surface area contributed by atoms with E-state index in [9.17, 15) is 0 Å². The third-order valence-corrected chi connectivity index (χ3v) is 3.48. The molecule has 0 heterocycles. The molecule has 0 aliphatic rings. The van der Waals surface area contributed by atoms with Crippen LogP contribution in [0.3, 0.4) is 0 Å². The maximum atomic E-state index is 2.44. The van der Waals surface area contributed by atoms with Crippen LogP contribution >= 0.6 is 0 Å². The molecule has 0 radical (unpaired) electrons. The maximum Gasteiger partial charge on any atom is -0.0417 e. The second-order valence-corrected chi connectivity index (χ2v) is 5.15. The van der Waals surface area contributed by atoms with Crippen molar-refractivity contribution in [3.8, 4) is 0 Å². The lowest BCUT2D eigenvalue weighted by Gasteiger charge is -2.21. The Balaban J connectivity index is 3.67. The van der Waals surface area contributed by atoms with E-state index >= 15 is 0 Å². The van der Waals surface area contributed by atoms with E-state index in [0.717, 1.165) is 17.8 Å². The summed E-state index contributed by atoms with van der Waals surface area (Å²) in [6, 6.07) is 0. The van der Waals surface area contributed by atoms with Gasteiger partial charge in [-0.2, -0.15) is 0 Å². The zero-order chi connectivity index (χ0) is 11.0. The van der Waals surface area contributed by atoms with E-state index in [4.69, 9.17) is 0 Å². The molecule has 0 nitrogen and oxygen atoms in total. The van der Waals surface area contributed by atoms with E-state index in [1.165, 1.54) is 38.5 Å². The van der Waals surface area contributed by atoms with Crippen LogP contribution in [0.2, 0.25) is 0 Å². The van der Waals surface area contributed by atoms with Crippen molar-refractivity contribution in [3.63, 3.8) is 0 Å². The molecule has 2 atom stereocenters. The molecule has 2 unspecified atom stereocenters. The zero-order valence-electron chi connectivity index (χ0n) is 11.0. The highest BCUT2D eigenvalue weighted by molar-refractivity contribution is 4.64. The molecule has 0 bridgehead atoms. The van der Waals surface area contributed by atoms with Crippen molar-refractivity contribution in [3.05, 3.63) is 0 Å². The molecule has 0 aliphatic carbocycles. The van der Waals surface area contributed by atoms with Crippen LogP contribution in [-0.4, -0.2) is 0 Å². The molecule has 0 aromatic heterocycles. The van der Waals surface area contributed by atoms with Crippen molar-refractivity contribution in [1.29, 1.82) is 0 Å². The lowest BCUT2D eigenvalue weighted by atomic mass is 9.85. The van der Waals surface area contributed by atoms with E-state index in [-0.39, 0.29) is 0 Å². The van der Waals surface area contributed by atoms with Crippen LogP contribution in [0.25, 0.3) is 0 Å². The minimum Gasteiger partial charge on any atom is -0.0654 e. The molecule has 86 valence electrons. The molecule has 0 saturated heterocycles. The number of rotatable bonds is 8. The van der Waals surface area contributed by atoms with Crippen molar-refractivity contribution in [2.75, 3.05) is 0 Å². The van der Waals surface area contributed by atoms with Crippen LogP contribution in [0.4, 0.5) is 0 Å². The zero-order valence-corrected chi connectivity index (χ0v) is 11.0. The predicted molar refractivity (Wildman–Crippen MR) is 66.5 cm³/mol. The third kappa shape index (κ3) is 6.45. The standard InChI is InChI=1S/C14H30/c1-6-9-12(4)10-13(5)11-14(7-2)8-3/h12-14H,6-11H2,1-5H3. The number of hydrogen-bond donors (Lipinski definition) is 0. The van der Waals surface area contributed by atoms with Crippen LogP contribution in [-0.2, 0) is 0 Å². The fourth-order valence-corrected chi connectivity index (χ4v) is 2.58. The first-order valence-corrected chi connectivity index (χ1v) is 6.63. The molecule has 0 rings (SSSR count). The summed E-state index contributed by atoms with van der Waals surface area (Å²) in [4.78, 5) is 0. The summed E-state index contributed by atoms with van der Waals surface area (Å²) in [6.07, 6.45) is 8.36. The van der Waals surface area contributed by atoms with Crippen molar-refractivity contribution in [2.24, 2.45) is 17.8 Å². The highest BCUT2D eigenvalue weighted by atomic mass is 14.2. The molecule has 0 spiro atoms. The Morgan fingerprint density at radius 2 is 1.36 bits per heavy atom. The Kier molecular flexibility index (Phi) is 8.32. The van der Waals surface area contributed by atoms with Gasteiger partial charge in [0.1, 0.15) is 0 Å². The fourth-order valence-electron chi connectivity index (χ4n) is 2.58. The Bertz CT molecular complexity index is 113. The number of hydrogen-bond acceptors (Lipinski definition) is 0. The molecule has 0 saturated carbocycles. The maximum absolute atomic E-state index is 2.44. The van der Waals surface area contributed by atoms with Crippen molar-refractivity contribution in [2.45, 2.75) is 73.1 Å². The van der Waals surface area contributed by atoms with E-state index in [0.29, 0.717) is 0 Å². The largest absolute Gasteiger partial charge is 0.0654 e. The Hall–Kier alpha value is 0. The van der Waals surface area contributed by atoms with Crippen LogP contribution in [0.5, 0.6) is 0 Å².